The van der Waals surface area contributed by atoms with E-state index >= 15 is 0 Å². The molecule has 18 heavy (non-hydrogen) atoms. The molecule has 0 aromatic heterocycles. The number of ether oxygens (including phenoxy) is 1. The van der Waals surface area contributed by atoms with Crippen LogP contribution >= 0.6 is 34.8 Å². The number of aliphatic hydroxyl groups is 3. The van der Waals surface area contributed by atoms with Crippen molar-refractivity contribution in [1.82, 2.24) is 0 Å². The molecule has 0 aromatic rings. The van der Waals surface area contributed by atoms with Gasteiger partial charge in [-0.2, -0.15) is 0 Å². The van der Waals surface area contributed by atoms with Crippen LogP contribution in [-0.2, 0) is 9.53 Å². The molecule has 0 heterocycles. The van der Waals surface area contributed by atoms with E-state index in [1.54, 1.807) is 0 Å². The van der Waals surface area contributed by atoms with Gasteiger partial charge in [0.1, 0.15) is 18.0 Å². The second-order valence-corrected chi connectivity index (χ2v) is 6.91. The third kappa shape index (κ3) is 4.20. The number of aliphatic hydroxyl groups excluding tert-OH is 3. The first-order chi connectivity index (χ1) is 8.13. The number of carbonyl (C=O) groups excluding carboxylic acids is 1. The predicted molar refractivity (Wildman–Crippen MR) is 66.8 cm³/mol. The van der Waals surface area contributed by atoms with Crippen molar-refractivity contribution in [1.29, 1.82) is 0 Å². The monoisotopic (exact) mass is 320 g/mol. The van der Waals surface area contributed by atoms with Crippen LogP contribution in [0, 0.1) is 5.92 Å². The highest BCUT2D eigenvalue weighted by Crippen LogP contribution is 2.32. The van der Waals surface area contributed by atoms with Crippen molar-refractivity contribution < 1.29 is 24.9 Å². The van der Waals surface area contributed by atoms with Crippen LogP contribution < -0.4 is 0 Å². The molecule has 0 bridgehead atoms. The Bertz CT molecular complexity index is 306. The van der Waals surface area contributed by atoms with Crippen LogP contribution in [0.1, 0.15) is 13.3 Å². The van der Waals surface area contributed by atoms with Gasteiger partial charge in [0.25, 0.3) is 0 Å². The standard InChI is InChI=1S/C10H15Cl3O5/c1-4(14)5-2-6(18-3-10(11,12)13)8(16)9(17)7(5)15/h5-9,15-17H,2-3H2,1H3/t5-,6-,7-,8+,9+/m0/s1. The van der Waals surface area contributed by atoms with Crippen molar-refractivity contribution in [3.05, 3.63) is 0 Å². The van der Waals surface area contributed by atoms with E-state index in [1.807, 2.05) is 0 Å². The lowest BCUT2D eigenvalue weighted by atomic mass is 9.79. The number of carbonyl (C=O) groups is 1. The Morgan fingerprint density at radius 1 is 1.22 bits per heavy atom. The Labute approximate surface area is 120 Å². The number of alkyl halides is 3. The zero-order chi connectivity index (χ0) is 14.1. The summed E-state index contributed by atoms with van der Waals surface area (Å²) in [6.45, 7) is 1.01. The van der Waals surface area contributed by atoms with Crippen molar-refractivity contribution >= 4 is 40.6 Å². The second kappa shape index (κ2) is 6.22. The van der Waals surface area contributed by atoms with E-state index in [1.165, 1.54) is 6.92 Å². The topological polar surface area (TPSA) is 87.0 Å². The van der Waals surface area contributed by atoms with Crippen LogP contribution in [0.25, 0.3) is 0 Å². The average Bonchev–Trinajstić information content (AvgIpc) is 2.23. The van der Waals surface area contributed by atoms with Gasteiger partial charge in [0.05, 0.1) is 18.8 Å². The summed E-state index contributed by atoms with van der Waals surface area (Å²) in [4.78, 5) is 11.3. The lowest BCUT2D eigenvalue weighted by Gasteiger charge is -2.39. The van der Waals surface area contributed by atoms with Crippen molar-refractivity contribution in [2.75, 3.05) is 6.61 Å². The Kier molecular flexibility index (Phi) is 5.68. The van der Waals surface area contributed by atoms with E-state index in [9.17, 15) is 20.1 Å². The summed E-state index contributed by atoms with van der Waals surface area (Å²) in [6.07, 6.45) is -4.91. The molecule has 1 rings (SSSR count). The lowest BCUT2D eigenvalue weighted by molar-refractivity contribution is -0.176. The highest BCUT2D eigenvalue weighted by Gasteiger charge is 2.45. The van der Waals surface area contributed by atoms with Crippen LogP contribution in [0.15, 0.2) is 0 Å². The van der Waals surface area contributed by atoms with E-state index in [-0.39, 0.29) is 18.8 Å². The summed E-state index contributed by atoms with van der Waals surface area (Å²) in [5, 5.41) is 29.0. The Morgan fingerprint density at radius 3 is 2.22 bits per heavy atom. The number of rotatable bonds is 3. The number of hydrogen-bond acceptors (Lipinski definition) is 5. The quantitative estimate of drug-likeness (QED) is 0.656. The summed E-state index contributed by atoms with van der Waals surface area (Å²) < 4.78 is 3.54. The molecule has 8 heteroatoms. The molecule has 1 aliphatic carbocycles. The van der Waals surface area contributed by atoms with Gasteiger partial charge < -0.3 is 20.1 Å². The third-order valence-electron chi connectivity index (χ3n) is 2.96. The molecule has 0 unspecified atom stereocenters. The van der Waals surface area contributed by atoms with Crippen LogP contribution in [-0.4, -0.2) is 55.9 Å². The largest absolute Gasteiger partial charge is 0.390 e. The molecule has 5 nitrogen and oxygen atoms in total. The van der Waals surface area contributed by atoms with Gasteiger partial charge in [-0.25, -0.2) is 0 Å². The van der Waals surface area contributed by atoms with Gasteiger partial charge in [-0.15, -0.1) is 0 Å². The number of Topliss-reactive ketones (excluding diaryl/α,β-unsaturated/α-hetero) is 1. The van der Waals surface area contributed by atoms with Crippen molar-refractivity contribution in [2.24, 2.45) is 5.92 Å². The molecule has 0 aliphatic heterocycles. The number of hydrogen-bond donors (Lipinski definition) is 3. The van der Waals surface area contributed by atoms with Crippen molar-refractivity contribution in [2.45, 2.75) is 41.6 Å². The van der Waals surface area contributed by atoms with Crippen LogP contribution in [0.3, 0.4) is 0 Å². The molecule has 0 spiro atoms. The van der Waals surface area contributed by atoms with Gasteiger partial charge in [-0.3, -0.25) is 4.79 Å². The zero-order valence-corrected chi connectivity index (χ0v) is 11.9. The molecule has 0 amide bonds. The molecule has 1 saturated carbocycles. The highest BCUT2D eigenvalue weighted by molar-refractivity contribution is 6.67. The summed E-state index contributed by atoms with van der Waals surface area (Å²) in [5.74, 6) is -1.10. The zero-order valence-electron chi connectivity index (χ0n) is 9.59. The van der Waals surface area contributed by atoms with Gasteiger partial charge >= 0.3 is 0 Å². The molecular weight excluding hydrogens is 306 g/mol. The summed E-state index contributed by atoms with van der Waals surface area (Å²) in [7, 11) is 0. The van der Waals surface area contributed by atoms with Gasteiger partial charge in [-0.1, -0.05) is 34.8 Å². The highest BCUT2D eigenvalue weighted by atomic mass is 35.6. The van der Waals surface area contributed by atoms with Gasteiger partial charge in [0, 0.05) is 5.92 Å². The molecule has 106 valence electrons. The second-order valence-electron chi connectivity index (χ2n) is 4.39. The molecule has 1 fully saturated rings. The molecule has 0 saturated heterocycles. The number of halogens is 3. The predicted octanol–water partition coefficient (Wildman–Crippen LogP) is 0.433. The fraction of sp³-hybridized carbons (Fsp3) is 0.900. The Hall–Kier alpha value is 0.380. The van der Waals surface area contributed by atoms with Gasteiger partial charge in [0.15, 0.2) is 0 Å². The first kappa shape index (κ1) is 16.4. The minimum absolute atomic E-state index is 0.0650. The maximum absolute atomic E-state index is 11.3. The fourth-order valence-corrected chi connectivity index (χ4v) is 2.15. The lowest BCUT2D eigenvalue weighted by Crippen LogP contribution is -2.56. The first-order valence-corrected chi connectivity index (χ1v) is 6.50. The van der Waals surface area contributed by atoms with E-state index < -0.39 is 34.1 Å². The average molecular weight is 322 g/mol. The molecule has 3 N–H and O–H groups in total. The van der Waals surface area contributed by atoms with Crippen LogP contribution in [0.4, 0.5) is 0 Å². The smallest absolute Gasteiger partial charge is 0.213 e. The summed E-state index contributed by atoms with van der Waals surface area (Å²) in [6, 6.07) is 0. The minimum Gasteiger partial charge on any atom is -0.390 e. The van der Waals surface area contributed by atoms with Gasteiger partial charge in [-0.05, 0) is 13.3 Å². The first-order valence-electron chi connectivity index (χ1n) is 5.36. The van der Waals surface area contributed by atoms with Crippen LogP contribution in [0.5, 0.6) is 0 Å². The Morgan fingerprint density at radius 2 is 1.78 bits per heavy atom. The molecular formula is C10H15Cl3O5. The molecule has 5 atom stereocenters. The van der Waals surface area contributed by atoms with Crippen LogP contribution in [0.2, 0.25) is 0 Å². The number of ketones is 1. The summed E-state index contributed by atoms with van der Waals surface area (Å²) in [5.41, 5.74) is 0. The molecule has 0 aromatic carbocycles. The van der Waals surface area contributed by atoms with E-state index in [4.69, 9.17) is 39.5 Å². The molecule has 1 aliphatic rings. The van der Waals surface area contributed by atoms with E-state index in [0.29, 0.717) is 0 Å². The van der Waals surface area contributed by atoms with E-state index in [0.717, 1.165) is 0 Å². The van der Waals surface area contributed by atoms with Crippen molar-refractivity contribution in [3.63, 3.8) is 0 Å². The maximum Gasteiger partial charge on any atom is 0.213 e. The van der Waals surface area contributed by atoms with E-state index in [2.05, 4.69) is 0 Å². The fourth-order valence-electron chi connectivity index (χ4n) is 1.96. The van der Waals surface area contributed by atoms with Crippen molar-refractivity contribution in [3.8, 4) is 0 Å². The Balaban J connectivity index is 2.70. The maximum atomic E-state index is 11.3. The molecule has 0 radical (unpaired) electrons. The SMILES string of the molecule is CC(=O)[C@@H]1C[C@H](OCC(Cl)(Cl)Cl)[C@@H](O)[C@H](O)[C@H]1O. The third-order valence-corrected chi connectivity index (χ3v) is 3.29. The minimum atomic E-state index is -1.65. The normalized spacial score (nSPS) is 37.6. The summed E-state index contributed by atoms with van der Waals surface area (Å²) >= 11 is 16.5. The van der Waals surface area contributed by atoms with Gasteiger partial charge in [0.2, 0.25) is 3.79 Å².